The number of carboxylic acids is 1. The molecule has 0 spiro atoms. The molecule has 0 fully saturated rings. The van der Waals surface area contributed by atoms with Crippen LogP contribution in [0.2, 0.25) is 0 Å². The van der Waals surface area contributed by atoms with Crippen molar-refractivity contribution in [3.05, 3.63) is 78.0 Å². The largest absolute Gasteiger partial charge is 0.481 e. The third-order valence-corrected chi connectivity index (χ3v) is 5.37. The van der Waals surface area contributed by atoms with E-state index < -0.39 is 5.97 Å². The normalized spacial score (nSPS) is 14.9. The first-order valence-electron chi connectivity index (χ1n) is 10.4. The van der Waals surface area contributed by atoms with E-state index in [1.54, 1.807) is 23.9 Å². The number of aromatic nitrogens is 2. The lowest BCUT2D eigenvalue weighted by molar-refractivity contribution is -0.137. The molecule has 5 rings (SSSR count). The van der Waals surface area contributed by atoms with Gasteiger partial charge in [-0.1, -0.05) is 36.4 Å². The standard InChI is InChI=1S/C25H20N4O4/c1-16-20(25(32)29(26-16)19-8-3-2-4-9-19)13-18-15-28(12-11-23(30)31)27-24(18)22-14-17-7-5-6-10-21(17)33-22/h2-10,13-15H,11-12H2,1H3,(H,30,31)/b20-13+. The van der Waals surface area contributed by atoms with Crippen LogP contribution in [0.3, 0.4) is 0 Å². The van der Waals surface area contributed by atoms with Gasteiger partial charge in [-0.05, 0) is 37.3 Å². The van der Waals surface area contributed by atoms with Crippen molar-refractivity contribution < 1.29 is 19.1 Å². The highest BCUT2D eigenvalue weighted by atomic mass is 16.4. The Balaban J connectivity index is 1.56. The van der Waals surface area contributed by atoms with Gasteiger partial charge in [-0.15, -0.1) is 0 Å². The third-order valence-electron chi connectivity index (χ3n) is 5.37. The van der Waals surface area contributed by atoms with Crippen LogP contribution in [0.25, 0.3) is 28.5 Å². The van der Waals surface area contributed by atoms with E-state index in [9.17, 15) is 9.59 Å². The molecular weight excluding hydrogens is 420 g/mol. The molecule has 0 atom stereocenters. The van der Waals surface area contributed by atoms with E-state index in [4.69, 9.17) is 9.52 Å². The molecule has 33 heavy (non-hydrogen) atoms. The Kier molecular flexibility index (Phi) is 5.10. The van der Waals surface area contributed by atoms with Gasteiger partial charge in [-0.25, -0.2) is 0 Å². The lowest BCUT2D eigenvalue weighted by atomic mass is 10.1. The second kappa shape index (κ2) is 8.23. The minimum atomic E-state index is -0.914. The highest BCUT2D eigenvalue weighted by Crippen LogP contribution is 2.32. The van der Waals surface area contributed by atoms with Gasteiger partial charge in [-0.3, -0.25) is 14.3 Å². The predicted octanol–water partition coefficient (Wildman–Crippen LogP) is 4.58. The molecule has 164 valence electrons. The Labute approximate surface area is 189 Å². The quantitative estimate of drug-likeness (QED) is 0.443. The molecule has 0 radical (unpaired) electrons. The summed E-state index contributed by atoms with van der Waals surface area (Å²) >= 11 is 0. The van der Waals surface area contributed by atoms with E-state index in [2.05, 4.69) is 10.2 Å². The zero-order valence-corrected chi connectivity index (χ0v) is 17.8. The Hall–Kier alpha value is -4.46. The molecule has 8 nitrogen and oxygen atoms in total. The van der Waals surface area contributed by atoms with Gasteiger partial charge in [0.2, 0.25) is 0 Å². The van der Waals surface area contributed by atoms with E-state index in [0.29, 0.717) is 34.0 Å². The Bertz CT molecular complexity index is 1400. The van der Waals surface area contributed by atoms with Crippen molar-refractivity contribution in [2.75, 3.05) is 5.01 Å². The van der Waals surface area contributed by atoms with Crippen LogP contribution < -0.4 is 5.01 Å². The van der Waals surface area contributed by atoms with Gasteiger partial charge in [0.15, 0.2) is 5.76 Å². The smallest absolute Gasteiger partial charge is 0.305 e. The maximum Gasteiger partial charge on any atom is 0.305 e. The maximum absolute atomic E-state index is 13.1. The summed E-state index contributed by atoms with van der Waals surface area (Å²) in [4.78, 5) is 24.2. The van der Waals surface area contributed by atoms with Crippen molar-refractivity contribution in [2.45, 2.75) is 19.9 Å². The number of hydrogen-bond acceptors (Lipinski definition) is 5. The number of amides is 1. The molecule has 0 bridgehead atoms. The van der Waals surface area contributed by atoms with Crippen molar-refractivity contribution in [1.82, 2.24) is 9.78 Å². The Morgan fingerprint density at radius 2 is 1.88 bits per heavy atom. The predicted molar refractivity (Wildman–Crippen MR) is 125 cm³/mol. The molecule has 2 aromatic heterocycles. The SMILES string of the molecule is CC1=NN(c2ccccc2)C(=O)/C1=C/c1cn(CCC(=O)O)nc1-c1cc2ccccc2o1. The van der Waals surface area contributed by atoms with Gasteiger partial charge in [0.1, 0.15) is 11.3 Å². The topological polar surface area (TPSA) is 101 Å². The Morgan fingerprint density at radius 1 is 1.12 bits per heavy atom. The number of benzene rings is 2. The molecule has 2 aromatic carbocycles. The number of carbonyl (C=O) groups excluding carboxylic acids is 1. The number of hydrogen-bond donors (Lipinski definition) is 1. The van der Waals surface area contributed by atoms with Crippen LogP contribution in [0, 0.1) is 0 Å². The van der Waals surface area contributed by atoms with Gasteiger partial charge in [0, 0.05) is 17.1 Å². The number of carbonyl (C=O) groups is 2. The van der Waals surface area contributed by atoms with Gasteiger partial charge in [-0.2, -0.15) is 15.2 Å². The molecule has 1 N–H and O–H groups in total. The van der Waals surface area contributed by atoms with Crippen LogP contribution >= 0.6 is 0 Å². The van der Waals surface area contributed by atoms with Crippen LogP contribution in [-0.4, -0.2) is 32.5 Å². The molecule has 0 aliphatic carbocycles. The van der Waals surface area contributed by atoms with Crippen molar-refractivity contribution in [1.29, 1.82) is 0 Å². The summed E-state index contributed by atoms with van der Waals surface area (Å²) in [5.41, 5.74) is 3.60. The van der Waals surface area contributed by atoms with E-state index in [1.165, 1.54) is 5.01 Å². The van der Waals surface area contributed by atoms with Crippen LogP contribution in [0.5, 0.6) is 0 Å². The van der Waals surface area contributed by atoms with Crippen molar-refractivity contribution in [2.24, 2.45) is 5.10 Å². The fourth-order valence-electron chi connectivity index (χ4n) is 3.74. The molecule has 3 heterocycles. The third kappa shape index (κ3) is 3.94. The average molecular weight is 440 g/mol. The molecule has 8 heteroatoms. The Morgan fingerprint density at radius 3 is 2.64 bits per heavy atom. The van der Waals surface area contributed by atoms with E-state index in [-0.39, 0.29) is 18.9 Å². The lowest BCUT2D eigenvalue weighted by Gasteiger charge is -2.10. The monoisotopic (exact) mass is 440 g/mol. The summed E-state index contributed by atoms with van der Waals surface area (Å²) in [5, 5.41) is 20.4. The molecule has 0 saturated carbocycles. The number of carboxylic acid groups (broad SMARTS) is 1. The van der Waals surface area contributed by atoms with Crippen molar-refractivity contribution >= 4 is 40.3 Å². The maximum atomic E-state index is 13.1. The molecule has 4 aromatic rings. The average Bonchev–Trinajstić information content (AvgIpc) is 3.50. The molecule has 1 aliphatic rings. The minimum Gasteiger partial charge on any atom is -0.481 e. The fraction of sp³-hybridized carbons (Fsp3) is 0.120. The highest BCUT2D eigenvalue weighted by Gasteiger charge is 2.29. The molecule has 0 unspecified atom stereocenters. The first kappa shape index (κ1) is 20.4. The number of aliphatic carboxylic acids is 1. The van der Waals surface area contributed by atoms with Crippen molar-refractivity contribution in [3.63, 3.8) is 0 Å². The second-order valence-corrected chi connectivity index (χ2v) is 7.68. The number of fused-ring (bicyclic) bond motifs is 1. The van der Waals surface area contributed by atoms with Gasteiger partial charge >= 0.3 is 5.97 Å². The number of anilines is 1. The summed E-state index contributed by atoms with van der Waals surface area (Å²) in [6.07, 6.45) is 3.39. The number of hydrazone groups is 1. The zero-order chi connectivity index (χ0) is 22.9. The van der Waals surface area contributed by atoms with Crippen LogP contribution in [-0.2, 0) is 16.1 Å². The number of para-hydroxylation sites is 2. The highest BCUT2D eigenvalue weighted by molar-refractivity contribution is 6.32. The summed E-state index contributed by atoms with van der Waals surface area (Å²) in [5.74, 6) is -0.618. The molecule has 1 amide bonds. The van der Waals surface area contributed by atoms with Crippen LogP contribution in [0.15, 0.2) is 82.0 Å². The lowest BCUT2D eigenvalue weighted by Crippen LogP contribution is -2.21. The van der Waals surface area contributed by atoms with Gasteiger partial charge in [0.25, 0.3) is 5.91 Å². The number of furan rings is 1. The fourth-order valence-corrected chi connectivity index (χ4v) is 3.74. The second-order valence-electron chi connectivity index (χ2n) is 7.68. The number of rotatable bonds is 6. The molecule has 0 saturated heterocycles. The van der Waals surface area contributed by atoms with E-state index in [0.717, 1.165) is 11.0 Å². The van der Waals surface area contributed by atoms with Crippen molar-refractivity contribution in [3.8, 4) is 11.5 Å². The van der Waals surface area contributed by atoms with Crippen LogP contribution in [0.1, 0.15) is 18.9 Å². The molecule has 1 aliphatic heterocycles. The van der Waals surface area contributed by atoms with E-state index >= 15 is 0 Å². The molecular formula is C25H20N4O4. The minimum absolute atomic E-state index is 0.0710. The first-order valence-corrected chi connectivity index (χ1v) is 10.4. The summed E-state index contributed by atoms with van der Waals surface area (Å²) in [6, 6.07) is 18.7. The summed E-state index contributed by atoms with van der Waals surface area (Å²) in [6.45, 7) is 1.98. The van der Waals surface area contributed by atoms with Gasteiger partial charge in [0.05, 0.1) is 29.9 Å². The summed E-state index contributed by atoms with van der Waals surface area (Å²) in [7, 11) is 0. The van der Waals surface area contributed by atoms with Gasteiger partial charge < -0.3 is 9.52 Å². The van der Waals surface area contributed by atoms with Crippen LogP contribution in [0.4, 0.5) is 5.69 Å². The number of aryl methyl sites for hydroxylation is 1. The number of nitrogens with zero attached hydrogens (tertiary/aromatic N) is 4. The first-order chi connectivity index (χ1) is 16.0. The zero-order valence-electron chi connectivity index (χ0n) is 17.8. The summed E-state index contributed by atoms with van der Waals surface area (Å²) < 4.78 is 7.55. The van der Waals surface area contributed by atoms with E-state index in [1.807, 2.05) is 60.7 Å².